The average molecular weight is 498 g/mol. The Hall–Kier alpha value is 0.350. The van der Waals surface area contributed by atoms with Gasteiger partial charge in [-0.25, -0.2) is 0 Å². The lowest BCUT2D eigenvalue weighted by atomic mass is 10.0. The van der Waals surface area contributed by atoms with Crippen molar-refractivity contribution in [3.05, 3.63) is 0 Å². The highest BCUT2D eigenvalue weighted by atomic mass is 32.2. The van der Waals surface area contributed by atoms with Gasteiger partial charge in [-0.2, -0.15) is 0 Å². The Kier molecular flexibility index (Phi) is 31.7. The van der Waals surface area contributed by atoms with Crippen LogP contribution in [0.1, 0.15) is 194 Å². The predicted molar refractivity (Wildman–Crippen MR) is 164 cm³/mol. The smallest absolute Gasteiger partial charge is 0.0654 e. The van der Waals surface area contributed by atoms with Crippen LogP contribution in [0.4, 0.5) is 0 Å². The van der Waals surface area contributed by atoms with Gasteiger partial charge in [0.05, 0.1) is 6.26 Å². The molecule has 0 N–H and O–H groups in total. The molecular weight excluding hydrogens is 428 g/mol. The molecule has 206 valence electrons. The van der Waals surface area contributed by atoms with Crippen molar-refractivity contribution in [2.45, 2.75) is 194 Å². The molecule has 0 aliphatic rings. The first-order valence-electron chi connectivity index (χ1n) is 16.4. The van der Waals surface area contributed by atoms with Crippen molar-refractivity contribution >= 4 is 10.9 Å². The largest absolute Gasteiger partial charge is 0.107 e. The Morgan fingerprint density at radius 3 is 0.647 bits per heavy atom. The summed E-state index contributed by atoms with van der Waals surface area (Å²) in [5.74, 6) is 3.02. The minimum Gasteiger partial charge on any atom is -0.0654 e. The van der Waals surface area contributed by atoms with Gasteiger partial charge < -0.3 is 0 Å². The molecule has 0 aliphatic heterocycles. The zero-order chi connectivity index (χ0) is 24.8. The van der Waals surface area contributed by atoms with E-state index < -0.39 is 0 Å². The lowest BCUT2D eigenvalue weighted by Crippen LogP contribution is -2.10. The Bertz CT molecular complexity index is 307. The van der Waals surface area contributed by atoms with Crippen LogP contribution in [0.2, 0.25) is 0 Å². The molecule has 0 aliphatic carbocycles. The molecule has 0 rings (SSSR count). The van der Waals surface area contributed by atoms with Crippen LogP contribution in [0.5, 0.6) is 0 Å². The third kappa shape index (κ3) is 30.4. The van der Waals surface area contributed by atoms with Crippen LogP contribution in [-0.2, 0) is 10.9 Å². The minimum absolute atomic E-state index is 0.698. The van der Waals surface area contributed by atoms with E-state index in [1.807, 2.05) is 0 Å². The van der Waals surface area contributed by atoms with Gasteiger partial charge in [0, 0.05) is 0 Å². The first-order valence-corrected chi connectivity index (χ1v) is 18.4. The summed E-state index contributed by atoms with van der Waals surface area (Å²) >= 11 is 0. The fourth-order valence-corrected chi connectivity index (χ4v) is 6.79. The molecule has 34 heavy (non-hydrogen) atoms. The van der Waals surface area contributed by atoms with E-state index in [9.17, 15) is 0 Å². The Morgan fingerprint density at radius 2 is 0.441 bits per heavy atom. The topological polar surface area (TPSA) is 0 Å². The van der Waals surface area contributed by atoms with Gasteiger partial charge in [0.1, 0.15) is 11.5 Å². The molecule has 1 heteroatoms. The molecule has 0 aromatic heterocycles. The van der Waals surface area contributed by atoms with Crippen molar-refractivity contribution in [1.82, 2.24) is 0 Å². The quantitative estimate of drug-likeness (QED) is 0.0683. The normalized spacial score (nSPS) is 11.6. The maximum absolute atomic E-state index is 2.53. The molecule has 0 amide bonds. The second kappa shape index (κ2) is 31.4. The van der Waals surface area contributed by atoms with E-state index in [-0.39, 0.29) is 0 Å². The maximum atomic E-state index is 2.53. The van der Waals surface area contributed by atoms with Crippen LogP contribution < -0.4 is 0 Å². The summed E-state index contributed by atoms with van der Waals surface area (Å²) in [6.45, 7) is 4.62. The molecule has 0 heterocycles. The standard InChI is InChI=1S/C33H69S/c1-4-6-8-10-12-14-16-18-20-22-24-26-28-30-32-34(3)33-31-29-27-25-23-21-19-17-15-13-11-9-7-5-2/h4-33H2,1-3H3/q+1. The molecule has 0 unspecified atom stereocenters. The summed E-state index contributed by atoms with van der Waals surface area (Å²) in [7, 11) is 0.698. The molecule has 0 nitrogen and oxygen atoms in total. The maximum Gasteiger partial charge on any atom is 0.107 e. The summed E-state index contributed by atoms with van der Waals surface area (Å²) < 4.78 is 0. The summed E-state index contributed by atoms with van der Waals surface area (Å²) in [6.07, 6.45) is 43.9. The average Bonchev–Trinajstić information content (AvgIpc) is 2.84. The van der Waals surface area contributed by atoms with Crippen molar-refractivity contribution in [2.75, 3.05) is 17.8 Å². The summed E-state index contributed by atoms with van der Waals surface area (Å²) in [4.78, 5) is 0. The van der Waals surface area contributed by atoms with Crippen LogP contribution in [0.3, 0.4) is 0 Å². The summed E-state index contributed by atoms with van der Waals surface area (Å²) in [5.41, 5.74) is 0. The fraction of sp³-hybridized carbons (Fsp3) is 1.00. The lowest BCUT2D eigenvalue weighted by molar-refractivity contribution is 0.538. The van der Waals surface area contributed by atoms with E-state index in [0.29, 0.717) is 10.9 Å². The van der Waals surface area contributed by atoms with E-state index in [1.54, 1.807) is 0 Å². The van der Waals surface area contributed by atoms with Gasteiger partial charge in [0.25, 0.3) is 0 Å². The van der Waals surface area contributed by atoms with Crippen molar-refractivity contribution in [2.24, 2.45) is 0 Å². The van der Waals surface area contributed by atoms with E-state index in [0.717, 1.165) is 0 Å². The van der Waals surface area contributed by atoms with Crippen LogP contribution in [0.15, 0.2) is 0 Å². The van der Waals surface area contributed by atoms with Gasteiger partial charge in [-0.3, -0.25) is 0 Å². The molecule has 0 saturated carbocycles. The Labute approximate surface area is 222 Å². The molecule has 0 saturated heterocycles. The van der Waals surface area contributed by atoms with Gasteiger partial charge in [-0.05, 0) is 36.6 Å². The van der Waals surface area contributed by atoms with Crippen LogP contribution >= 0.6 is 0 Å². The summed E-state index contributed by atoms with van der Waals surface area (Å²) in [5, 5.41) is 0. The first-order chi connectivity index (χ1) is 16.8. The second-order valence-electron chi connectivity index (χ2n) is 11.4. The second-order valence-corrected chi connectivity index (χ2v) is 13.8. The molecule has 0 spiro atoms. The highest BCUT2D eigenvalue weighted by molar-refractivity contribution is 7.96. The highest BCUT2D eigenvalue weighted by Gasteiger charge is 2.09. The molecular formula is C33H69S+. The Morgan fingerprint density at radius 1 is 0.265 bits per heavy atom. The first kappa shape index (κ1) is 34.4. The van der Waals surface area contributed by atoms with Gasteiger partial charge in [-0.15, -0.1) is 0 Å². The van der Waals surface area contributed by atoms with Crippen molar-refractivity contribution in [3.63, 3.8) is 0 Å². The molecule has 0 aromatic carbocycles. The third-order valence-corrected chi connectivity index (χ3v) is 9.66. The third-order valence-electron chi connectivity index (χ3n) is 7.69. The molecule has 0 aromatic rings. The van der Waals surface area contributed by atoms with Crippen LogP contribution in [0, 0.1) is 0 Å². The fourth-order valence-electron chi connectivity index (χ4n) is 5.19. The lowest BCUT2D eigenvalue weighted by Gasteiger charge is -2.05. The van der Waals surface area contributed by atoms with E-state index in [1.165, 1.54) is 191 Å². The molecule has 0 bridgehead atoms. The Balaban J connectivity index is 3.13. The van der Waals surface area contributed by atoms with Crippen LogP contribution in [0.25, 0.3) is 0 Å². The summed E-state index contributed by atoms with van der Waals surface area (Å²) in [6, 6.07) is 0. The van der Waals surface area contributed by atoms with Crippen LogP contribution in [-0.4, -0.2) is 17.8 Å². The molecule has 0 fully saturated rings. The van der Waals surface area contributed by atoms with Crippen molar-refractivity contribution in [3.8, 4) is 0 Å². The van der Waals surface area contributed by atoms with Crippen molar-refractivity contribution < 1.29 is 0 Å². The SMILES string of the molecule is CCCCCCCCCCCCCCCC[S+](C)CCCCCCCCCCCCCCCC. The van der Waals surface area contributed by atoms with Crippen molar-refractivity contribution in [1.29, 1.82) is 0 Å². The van der Waals surface area contributed by atoms with Gasteiger partial charge in [0.2, 0.25) is 0 Å². The predicted octanol–water partition coefficient (Wildman–Crippen LogP) is 12.2. The van der Waals surface area contributed by atoms with Gasteiger partial charge in [0.15, 0.2) is 0 Å². The van der Waals surface area contributed by atoms with E-state index in [4.69, 9.17) is 0 Å². The van der Waals surface area contributed by atoms with E-state index >= 15 is 0 Å². The zero-order valence-corrected chi connectivity index (χ0v) is 25.4. The van der Waals surface area contributed by atoms with E-state index in [2.05, 4.69) is 20.1 Å². The van der Waals surface area contributed by atoms with Gasteiger partial charge in [-0.1, -0.05) is 168 Å². The molecule has 0 atom stereocenters. The highest BCUT2D eigenvalue weighted by Crippen LogP contribution is 2.15. The number of rotatable bonds is 30. The molecule has 0 radical (unpaired) electrons. The number of hydrogen-bond acceptors (Lipinski definition) is 0. The zero-order valence-electron chi connectivity index (χ0n) is 24.6. The van der Waals surface area contributed by atoms with Gasteiger partial charge >= 0.3 is 0 Å². The number of hydrogen-bond donors (Lipinski definition) is 0. The number of unbranched alkanes of at least 4 members (excludes halogenated alkanes) is 26. The monoisotopic (exact) mass is 498 g/mol. The minimum atomic E-state index is 0.698.